The molecule has 0 aliphatic rings. The Labute approximate surface area is 157 Å². The molecule has 0 radical (unpaired) electrons. The predicted molar refractivity (Wildman–Crippen MR) is 109 cm³/mol. The lowest BCUT2D eigenvalue weighted by atomic mass is 10.0. The van der Waals surface area contributed by atoms with Gasteiger partial charge in [0.1, 0.15) is 6.04 Å². The van der Waals surface area contributed by atoms with E-state index in [9.17, 15) is 4.79 Å². The quantitative estimate of drug-likeness (QED) is 0.235. The maximum Gasteiger partial charge on any atom is 0.320 e. The van der Waals surface area contributed by atoms with Gasteiger partial charge in [-0.05, 0) is 6.42 Å². The number of carboxylic acids is 1. The zero-order valence-electron chi connectivity index (χ0n) is 16.9. The van der Waals surface area contributed by atoms with E-state index in [1.807, 2.05) is 0 Å². The van der Waals surface area contributed by atoms with Crippen molar-refractivity contribution in [2.45, 2.75) is 135 Å². The van der Waals surface area contributed by atoms with E-state index in [0.29, 0.717) is 6.42 Å². The largest absolute Gasteiger partial charge is 0.480 e. The Balaban J connectivity index is 3.04. The first-order chi connectivity index (χ1) is 12.2. The van der Waals surface area contributed by atoms with Crippen LogP contribution in [0.2, 0.25) is 0 Å². The molecule has 0 rings (SSSR count). The summed E-state index contributed by atoms with van der Waals surface area (Å²) in [6.45, 7) is 2.28. The van der Waals surface area contributed by atoms with Crippen LogP contribution in [-0.4, -0.2) is 17.1 Å². The highest BCUT2D eigenvalue weighted by Gasteiger charge is 2.09. The number of hydrogen-bond acceptors (Lipinski definition) is 2. The normalized spacial score (nSPS) is 12.4. The van der Waals surface area contributed by atoms with Gasteiger partial charge in [-0.2, -0.15) is 0 Å². The van der Waals surface area contributed by atoms with Gasteiger partial charge in [0.05, 0.1) is 0 Å². The third kappa shape index (κ3) is 19.6. The Hall–Kier alpha value is -0.570. The van der Waals surface area contributed by atoms with Crippen LogP contribution in [0.1, 0.15) is 129 Å². The summed E-state index contributed by atoms with van der Waals surface area (Å²) in [5.74, 6) is -0.869. The molecule has 0 heterocycles. The van der Waals surface area contributed by atoms with E-state index in [1.165, 1.54) is 103 Å². The summed E-state index contributed by atoms with van der Waals surface area (Å²) in [5, 5.41) is 8.70. The lowest BCUT2D eigenvalue weighted by molar-refractivity contribution is -0.138. The fourth-order valence-electron chi connectivity index (χ4n) is 3.39. The van der Waals surface area contributed by atoms with Gasteiger partial charge >= 0.3 is 5.97 Å². The minimum absolute atomic E-state index is 0.619. The summed E-state index contributed by atoms with van der Waals surface area (Å²) < 4.78 is 0. The van der Waals surface area contributed by atoms with Crippen LogP contribution in [0.4, 0.5) is 0 Å². The second-order valence-electron chi connectivity index (χ2n) is 7.74. The van der Waals surface area contributed by atoms with Gasteiger partial charge < -0.3 is 10.8 Å². The molecule has 0 saturated heterocycles. The second kappa shape index (κ2) is 19.8. The van der Waals surface area contributed by atoms with Gasteiger partial charge in [-0.1, -0.05) is 122 Å². The van der Waals surface area contributed by atoms with Crippen molar-refractivity contribution in [3.05, 3.63) is 0 Å². The number of rotatable bonds is 20. The van der Waals surface area contributed by atoms with Gasteiger partial charge in [0, 0.05) is 0 Å². The third-order valence-corrected chi connectivity index (χ3v) is 5.19. The lowest BCUT2D eigenvalue weighted by Crippen LogP contribution is -2.29. The number of carboxylic acid groups (broad SMARTS) is 1. The molecule has 25 heavy (non-hydrogen) atoms. The third-order valence-electron chi connectivity index (χ3n) is 5.19. The molecule has 0 spiro atoms. The van der Waals surface area contributed by atoms with Crippen molar-refractivity contribution in [1.82, 2.24) is 0 Å². The van der Waals surface area contributed by atoms with Gasteiger partial charge in [-0.15, -0.1) is 0 Å². The highest BCUT2D eigenvalue weighted by atomic mass is 16.4. The number of hydrogen-bond donors (Lipinski definition) is 2. The maximum absolute atomic E-state index is 10.6. The number of aliphatic carboxylic acids is 1. The van der Waals surface area contributed by atoms with Gasteiger partial charge in [-0.25, -0.2) is 0 Å². The molecule has 3 N–H and O–H groups in total. The lowest BCUT2D eigenvalue weighted by Gasteiger charge is -2.06. The van der Waals surface area contributed by atoms with Crippen LogP contribution in [0.15, 0.2) is 0 Å². The summed E-state index contributed by atoms with van der Waals surface area (Å²) >= 11 is 0. The minimum Gasteiger partial charge on any atom is -0.480 e. The molecule has 0 saturated carbocycles. The summed E-state index contributed by atoms with van der Waals surface area (Å²) in [7, 11) is 0. The highest BCUT2D eigenvalue weighted by Crippen LogP contribution is 2.14. The van der Waals surface area contributed by atoms with Crippen LogP contribution in [0.5, 0.6) is 0 Å². The van der Waals surface area contributed by atoms with Crippen LogP contribution in [0.25, 0.3) is 0 Å². The van der Waals surface area contributed by atoms with Crippen molar-refractivity contribution in [2.75, 3.05) is 0 Å². The molecule has 0 aliphatic heterocycles. The van der Waals surface area contributed by atoms with E-state index in [2.05, 4.69) is 6.92 Å². The first-order valence-electron chi connectivity index (χ1n) is 11.2. The Kier molecular flexibility index (Phi) is 19.3. The van der Waals surface area contributed by atoms with Gasteiger partial charge in [-0.3, -0.25) is 4.79 Å². The van der Waals surface area contributed by atoms with Crippen LogP contribution < -0.4 is 5.73 Å². The fraction of sp³-hybridized carbons (Fsp3) is 0.955. The SMILES string of the molecule is CCCCCCCCCCCCCCCCCCCCC(N)C(=O)O. The molecular weight excluding hydrogens is 310 g/mol. The number of nitrogens with two attached hydrogens (primary N) is 1. The molecule has 3 nitrogen and oxygen atoms in total. The second-order valence-corrected chi connectivity index (χ2v) is 7.74. The molecule has 0 bridgehead atoms. The number of unbranched alkanes of at least 4 members (excludes halogenated alkanes) is 17. The average Bonchev–Trinajstić information content (AvgIpc) is 2.60. The molecule has 1 unspecified atom stereocenters. The van der Waals surface area contributed by atoms with Gasteiger partial charge in [0.15, 0.2) is 0 Å². The van der Waals surface area contributed by atoms with Crippen LogP contribution in [-0.2, 0) is 4.79 Å². The zero-order chi connectivity index (χ0) is 18.6. The van der Waals surface area contributed by atoms with Crippen LogP contribution in [0.3, 0.4) is 0 Å². The predicted octanol–water partition coefficient (Wildman–Crippen LogP) is 6.83. The van der Waals surface area contributed by atoms with E-state index in [1.54, 1.807) is 0 Å². The topological polar surface area (TPSA) is 63.3 Å². The van der Waals surface area contributed by atoms with Crippen LogP contribution >= 0.6 is 0 Å². The summed E-state index contributed by atoms with van der Waals surface area (Å²) in [6.07, 6.45) is 25.0. The van der Waals surface area contributed by atoms with Crippen molar-refractivity contribution in [2.24, 2.45) is 5.73 Å². The van der Waals surface area contributed by atoms with Gasteiger partial charge in [0.2, 0.25) is 0 Å². The van der Waals surface area contributed by atoms with E-state index < -0.39 is 12.0 Å². The monoisotopic (exact) mass is 355 g/mol. The van der Waals surface area contributed by atoms with Crippen molar-refractivity contribution in [3.8, 4) is 0 Å². The molecule has 0 fully saturated rings. The molecule has 0 aliphatic carbocycles. The zero-order valence-corrected chi connectivity index (χ0v) is 16.9. The molecule has 0 aromatic heterocycles. The van der Waals surface area contributed by atoms with E-state index >= 15 is 0 Å². The summed E-state index contributed by atoms with van der Waals surface area (Å²) in [6, 6.07) is -0.666. The first kappa shape index (κ1) is 24.4. The molecule has 0 aromatic rings. The number of carbonyl (C=O) groups is 1. The first-order valence-corrected chi connectivity index (χ1v) is 11.2. The highest BCUT2D eigenvalue weighted by molar-refractivity contribution is 5.72. The summed E-state index contributed by atoms with van der Waals surface area (Å²) in [5.41, 5.74) is 5.49. The molecule has 3 heteroatoms. The maximum atomic E-state index is 10.6. The van der Waals surface area contributed by atoms with Gasteiger partial charge in [0.25, 0.3) is 0 Å². The van der Waals surface area contributed by atoms with Crippen molar-refractivity contribution < 1.29 is 9.90 Å². The molecule has 150 valence electrons. The van der Waals surface area contributed by atoms with Crippen molar-refractivity contribution in [1.29, 1.82) is 0 Å². The molecule has 1 atom stereocenters. The molecular formula is C22H45NO2. The van der Waals surface area contributed by atoms with E-state index in [4.69, 9.17) is 10.8 Å². The van der Waals surface area contributed by atoms with Crippen molar-refractivity contribution >= 4 is 5.97 Å². The minimum atomic E-state index is -0.869. The summed E-state index contributed by atoms with van der Waals surface area (Å²) in [4.78, 5) is 10.6. The van der Waals surface area contributed by atoms with E-state index in [-0.39, 0.29) is 0 Å². The van der Waals surface area contributed by atoms with Crippen LogP contribution in [0, 0.1) is 0 Å². The molecule has 0 aromatic carbocycles. The fourth-order valence-corrected chi connectivity index (χ4v) is 3.39. The Bertz CT molecular complexity index is 281. The Morgan fingerprint density at radius 1 is 0.640 bits per heavy atom. The van der Waals surface area contributed by atoms with Crippen molar-refractivity contribution in [3.63, 3.8) is 0 Å². The average molecular weight is 356 g/mol. The molecule has 0 amide bonds. The standard InChI is InChI=1S/C22H45NO2/c1-2-3-4-5-6-7-8-9-10-11-12-13-14-15-16-17-18-19-20-21(23)22(24)25/h21H,2-20,23H2,1H3,(H,24,25). The smallest absolute Gasteiger partial charge is 0.320 e. The van der Waals surface area contributed by atoms with E-state index in [0.717, 1.165) is 12.8 Å². The Morgan fingerprint density at radius 3 is 1.20 bits per heavy atom. The Morgan fingerprint density at radius 2 is 0.920 bits per heavy atom.